The zero-order chi connectivity index (χ0) is 19.4. The molecule has 3 aromatic rings. The van der Waals surface area contributed by atoms with Crippen molar-refractivity contribution in [1.82, 2.24) is 0 Å². The monoisotopic (exact) mass is 364 g/mol. The van der Waals surface area contributed by atoms with Crippen LogP contribution < -0.4 is 10.1 Å². The lowest BCUT2D eigenvalue weighted by Gasteiger charge is -2.18. The zero-order valence-corrected chi connectivity index (χ0v) is 15.1. The van der Waals surface area contributed by atoms with Crippen molar-refractivity contribution in [2.24, 2.45) is 0 Å². The first-order valence-electron chi connectivity index (χ1n) is 8.69. The van der Waals surface area contributed by atoms with Gasteiger partial charge in [0.05, 0.1) is 10.6 Å². The Morgan fingerprint density at radius 2 is 1.85 bits per heavy atom. The minimum absolute atomic E-state index is 0.0700. The molecule has 1 atom stereocenters. The van der Waals surface area contributed by atoms with Gasteiger partial charge in [-0.3, -0.25) is 14.9 Å². The molecule has 0 saturated heterocycles. The standard InChI is InChI=1S/C21H20N2O4/c1-3-20(27-18-11-9-15-6-4-5-7-16(15)12-18)21(24)22-19-13-17(23(25)26)10-8-14(19)2/h4-13,20H,3H2,1-2H3,(H,22,24)/t20-/m0/s1. The third-order valence-electron chi connectivity index (χ3n) is 4.35. The predicted molar refractivity (Wildman–Crippen MR) is 105 cm³/mol. The fourth-order valence-corrected chi connectivity index (χ4v) is 2.80. The lowest BCUT2D eigenvalue weighted by Crippen LogP contribution is -2.32. The third kappa shape index (κ3) is 4.23. The number of non-ortho nitro benzene ring substituents is 1. The summed E-state index contributed by atoms with van der Waals surface area (Å²) in [4.78, 5) is 23.1. The summed E-state index contributed by atoms with van der Waals surface area (Å²) in [6, 6.07) is 17.9. The maximum atomic E-state index is 12.6. The molecule has 0 heterocycles. The van der Waals surface area contributed by atoms with Gasteiger partial charge >= 0.3 is 0 Å². The van der Waals surface area contributed by atoms with Crippen LogP contribution in [0.1, 0.15) is 18.9 Å². The summed E-state index contributed by atoms with van der Waals surface area (Å²) in [6.07, 6.45) is -0.239. The lowest BCUT2D eigenvalue weighted by atomic mass is 10.1. The molecule has 138 valence electrons. The number of hydrogen-bond acceptors (Lipinski definition) is 4. The number of benzene rings is 3. The highest BCUT2D eigenvalue weighted by molar-refractivity contribution is 5.95. The summed E-state index contributed by atoms with van der Waals surface area (Å²) >= 11 is 0. The van der Waals surface area contributed by atoms with Gasteiger partial charge in [0.2, 0.25) is 0 Å². The number of aryl methyl sites for hydroxylation is 1. The van der Waals surface area contributed by atoms with Crippen LogP contribution >= 0.6 is 0 Å². The molecule has 0 bridgehead atoms. The maximum Gasteiger partial charge on any atom is 0.271 e. The quantitative estimate of drug-likeness (QED) is 0.500. The molecule has 6 heteroatoms. The molecule has 1 amide bonds. The van der Waals surface area contributed by atoms with Crippen LogP contribution in [0.4, 0.5) is 11.4 Å². The minimum Gasteiger partial charge on any atom is -0.481 e. The Balaban J connectivity index is 1.77. The van der Waals surface area contributed by atoms with Crippen LogP contribution in [0.2, 0.25) is 0 Å². The molecule has 0 aliphatic heterocycles. The van der Waals surface area contributed by atoms with Crippen LogP contribution in [0.25, 0.3) is 10.8 Å². The van der Waals surface area contributed by atoms with Gasteiger partial charge in [0.25, 0.3) is 11.6 Å². The Kier molecular flexibility index (Phi) is 5.35. The van der Waals surface area contributed by atoms with E-state index >= 15 is 0 Å². The number of nitro groups is 1. The van der Waals surface area contributed by atoms with Gasteiger partial charge in [-0.05, 0) is 41.8 Å². The zero-order valence-electron chi connectivity index (χ0n) is 15.1. The Labute approximate surface area is 156 Å². The van der Waals surface area contributed by atoms with Crippen molar-refractivity contribution in [2.75, 3.05) is 5.32 Å². The van der Waals surface area contributed by atoms with Gasteiger partial charge in [-0.25, -0.2) is 0 Å². The van der Waals surface area contributed by atoms with E-state index in [1.165, 1.54) is 12.1 Å². The molecule has 0 spiro atoms. The number of carbonyl (C=O) groups excluding carboxylic acids is 1. The summed E-state index contributed by atoms with van der Waals surface area (Å²) in [5.74, 6) is 0.265. The molecule has 0 fully saturated rings. The molecule has 1 N–H and O–H groups in total. The number of rotatable bonds is 6. The number of nitrogens with one attached hydrogen (secondary N) is 1. The van der Waals surface area contributed by atoms with Crippen LogP contribution in [0, 0.1) is 17.0 Å². The molecule has 6 nitrogen and oxygen atoms in total. The maximum absolute atomic E-state index is 12.6. The van der Waals surface area contributed by atoms with Gasteiger partial charge < -0.3 is 10.1 Å². The SMILES string of the molecule is CC[C@H](Oc1ccc2ccccc2c1)C(=O)Nc1cc([N+](=O)[O-])ccc1C. The Hall–Kier alpha value is -3.41. The minimum atomic E-state index is -0.704. The number of fused-ring (bicyclic) bond motifs is 1. The topological polar surface area (TPSA) is 81.5 Å². The van der Waals surface area contributed by atoms with Gasteiger partial charge in [-0.2, -0.15) is 0 Å². The van der Waals surface area contributed by atoms with E-state index in [9.17, 15) is 14.9 Å². The lowest BCUT2D eigenvalue weighted by molar-refractivity contribution is -0.384. The molecule has 0 radical (unpaired) electrons. The summed E-state index contributed by atoms with van der Waals surface area (Å²) in [6.45, 7) is 3.63. The molecular weight excluding hydrogens is 344 g/mol. The number of ether oxygens (including phenoxy) is 1. The van der Waals surface area contributed by atoms with E-state index in [0.717, 1.165) is 16.3 Å². The average Bonchev–Trinajstić information content (AvgIpc) is 2.67. The summed E-state index contributed by atoms with van der Waals surface area (Å²) in [5.41, 5.74) is 1.09. The molecule has 3 aromatic carbocycles. The molecule has 0 aliphatic rings. The molecule has 3 rings (SSSR count). The fourth-order valence-electron chi connectivity index (χ4n) is 2.80. The first-order chi connectivity index (χ1) is 13.0. The normalized spacial score (nSPS) is 11.8. The second kappa shape index (κ2) is 7.86. The first-order valence-corrected chi connectivity index (χ1v) is 8.69. The highest BCUT2D eigenvalue weighted by Crippen LogP contribution is 2.24. The summed E-state index contributed by atoms with van der Waals surface area (Å²) < 4.78 is 5.88. The van der Waals surface area contributed by atoms with Crippen molar-refractivity contribution in [3.05, 3.63) is 76.3 Å². The smallest absolute Gasteiger partial charge is 0.271 e. The van der Waals surface area contributed by atoms with Crippen LogP contribution in [-0.4, -0.2) is 16.9 Å². The number of nitrogens with zero attached hydrogens (tertiary/aromatic N) is 1. The number of anilines is 1. The summed E-state index contributed by atoms with van der Waals surface area (Å²) in [7, 11) is 0. The average molecular weight is 364 g/mol. The second-order valence-electron chi connectivity index (χ2n) is 6.27. The van der Waals surface area contributed by atoms with E-state index in [1.807, 2.05) is 49.4 Å². The van der Waals surface area contributed by atoms with Crippen LogP contribution in [0.3, 0.4) is 0 Å². The van der Waals surface area contributed by atoms with E-state index in [0.29, 0.717) is 17.9 Å². The molecule has 27 heavy (non-hydrogen) atoms. The largest absolute Gasteiger partial charge is 0.481 e. The Morgan fingerprint density at radius 1 is 1.11 bits per heavy atom. The van der Waals surface area contributed by atoms with Gasteiger partial charge in [0.1, 0.15) is 5.75 Å². The van der Waals surface area contributed by atoms with Crippen molar-refractivity contribution in [3.63, 3.8) is 0 Å². The number of nitro benzene ring substituents is 1. The molecule has 0 aromatic heterocycles. The molecule has 0 aliphatic carbocycles. The van der Waals surface area contributed by atoms with E-state index in [1.54, 1.807) is 13.0 Å². The van der Waals surface area contributed by atoms with E-state index in [2.05, 4.69) is 5.32 Å². The number of amides is 1. The van der Waals surface area contributed by atoms with Crippen molar-refractivity contribution < 1.29 is 14.5 Å². The Bertz CT molecular complexity index is 1000. The third-order valence-corrected chi connectivity index (χ3v) is 4.35. The van der Waals surface area contributed by atoms with Crippen molar-refractivity contribution >= 4 is 28.1 Å². The number of hydrogen-bond donors (Lipinski definition) is 1. The van der Waals surface area contributed by atoms with Crippen molar-refractivity contribution in [3.8, 4) is 5.75 Å². The van der Waals surface area contributed by atoms with Gasteiger partial charge in [0.15, 0.2) is 6.10 Å². The van der Waals surface area contributed by atoms with Gasteiger partial charge in [-0.1, -0.05) is 43.3 Å². The second-order valence-corrected chi connectivity index (χ2v) is 6.27. The highest BCUT2D eigenvalue weighted by atomic mass is 16.6. The van der Waals surface area contributed by atoms with Gasteiger partial charge in [-0.15, -0.1) is 0 Å². The van der Waals surface area contributed by atoms with Crippen molar-refractivity contribution in [2.45, 2.75) is 26.4 Å². The van der Waals surface area contributed by atoms with Crippen LogP contribution in [0.5, 0.6) is 5.75 Å². The van der Waals surface area contributed by atoms with E-state index < -0.39 is 11.0 Å². The van der Waals surface area contributed by atoms with Crippen LogP contribution in [-0.2, 0) is 4.79 Å². The molecular formula is C21H20N2O4. The number of carbonyl (C=O) groups is 1. The van der Waals surface area contributed by atoms with Gasteiger partial charge in [0, 0.05) is 12.1 Å². The van der Waals surface area contributed by atoms with E-state index in [4.69, 9.17) is 4.74 Å². The first kappa shape index (κ1) is 18.4. The Morgan fingerprint density at radius 3 is 2.56 bits per heavy atom. The van der Waals surface area contributed by atoms with Crippen LogP contribution in [0.15, 0.2) is 60.7 Å². The molecule has 0 saturated carbocycles. The highest BCUT2D eigenvalue weighted by Gasteiger charge is 2.20. The van der Waals surface area contributed by atoms with Crippen molar-refractivity contribution in [1.29, 1.82) is 0 Å². The predicted octanol–water partition coefficient (Wildman–Crippen LogP) is 4.85. The fraction of sp³-hybridized carbons (Fsp3) is 0.190. The van der Waals surface area contributed by atoms with E-state index in [-0.39, 0.29) is 11.6 Å². The molecule has 0 unspecified atom stereocenters. The summed E-state index contributed by atoms with van der Waals surface area (Å²) in [5, 5.41) is 15.8.